The largest absolute Gasteiger partial charge is 0.423 e. The van der Waals surface area contributed by atoms with Crippen LogP contribution in [-0.4, -0.2) is 28.7 Å². The van der Waals surface area contributed by atoms with Gasteiger partial charge < -0.3 is 4.74 Å². The number of rotatable bonds is 6. The summed E-state index contributed by atoms with van der Waals surface area (Å²) in [6, 6.07) is 15.6. The van der Waals surface area contributed by atoms with E-state index >= 15 is 0 Å². The first kappa shape index (κ1) is 24.7. The Morgan fingerprint density at radius 3 is 2.49 bits per heavy atom. The lowest BCUT2D eigenvalue weighted by Crippen LogP contribution is -2.54. The Kier molecular flexibility index (Phi) is 6.96. The number of carbonyl (C=O) groups is 4. The van der Waals surface area contributed by atoms with Crippen LogP contribution in [-0.2, 0) is 14.4 Å². The van der Waals surface area contributed by atoms with E-state index in [1.165, 1.54) is 54.6 Å². The number of carbonyl (C=O) groups excluding carboxylic acids is 4. The van der Waals surface area contributed by atoms with Crippen molar-refractivity contribution in [2.75, 3.05) is 4.90 Å². The highest BCUT2D eigenvalue weighted by Crippen LogP contribution is 2.27. The fourth-order valence-electron chi connectivity index (χ4n) is 3.41. The Bertz CT molecular complexity index is 1510. The molecule has 0 bridgehead atoms. The molecule has 37 heavy (non-hydrogen) atoms. The second-order valence-corrected chi connectivity index (χ2v) is 7.55. The van der Waals surface area contributed by atoms with Crippen molar-refractivity contribution in [3.63, 3.8) is 0 Å². The second kappa shape index (κ2) is 10.4. The minimum Gasteiger partial charge on any atom is -0.423 e. The van der Waals surface area contributed by atoms with E-state index < -0.39 is 40.1 Å². The highest BCUT2D eigenvalue weighted by Gasteiger charge is 2.38. The Morgan fingerprint density at radius 2 is 1.73 bits per heavy atom. The molecule has 1 N–H and O–H groups in total. The molecular formula is C26H16FN3O7. The number of non-ortho nitro benzene ring substituents is 1. The number of anilines is 1. The Morgan fingerprint density at radius 1 is 1.00 bits per heavy atom. The summed E-state index contributed by atoms with van der Waals surface area (Å²) in [6.07, 6.45) is 3.50. The van der Waals surface area contributed by atoms with Gasteiger partial charge in [0.25, 0.3) is 17.5 Å². The van der Waals surface area contributed by atoms with Gasteiger partial charge >= 0.3 is 12.0 Å². The number of hydrogen-bond acceptors (Lipinski definition) is 7. The molecule has 0 atom stereocenters. The topological polar surface area (TPSA) is 136 Å². The highest BCUT2D eigenvalue weighted by atomic mass is 19.1. The number of esters is 1. The van der Waals surface area contributed by atoms with Crippen LogP contribution in [0.1, 0.15) is 11.1 Å². The summed E-state index contributed by atoms with van der Waals surface area (Å²) in [6.45, 7) is 0. The second-order valence-electron chi connectivity index (χ2n) is 7.55. The number of amides is 4. The van der Waals surface area contributed by atoms with Gasteiger partial charge in [-0.2, -0.15) is 0 Å². The Balaban J connectivity index is 1.59. The zero-order valence-electron chi connectivity index (χ0n) is 18.8. The summed E-state index contributed by atoms with van der Waals surface area (Å²) < 4.78 is 19.6. The zero-order valence-corrected chi connectivity index (χ0v) is 18.8. The van der Waals surface area contributed by atoms with Gasteiger partial charge in [-0.3, -0.25) is 25.0 Å². The van der Waals surface area contributed by atoms with Crippen LogP contribution in [0, 0.1) is 15.9 Å². The number of nitro groups is 1. The predicted molar refractivity (Wildman–Crippen MR) is 130 cm³/mol. The van der Waals surface area contributed by atoms with Crippen LogP contribution >= 0.6 is 0 Å². The monoisotopic (exact) mass is 501 g/mol. The van der Waals surface area contributed by atoms with Crippen LogP contribution in [0.5, 0.6) is 5.75 Å². The third-order valence-corrected chi connectivity index (χ3v) is 5.12. The molecule has 1 aliphatic heterocycles. The zero-order chi connectivity index (χ0) is 26.5. The van der Waals surface area contributed by atoms with Gasteiger partial charge in [-0.15, -0.1) is 0 Å². The summed E-state index contributed by atoms with van der Waals surface area (Å²) in [7, 11) is 0. The molecule has 1 fully saturated rings. The van der Waals surface area contributed by atoms with Crippen LogP contribution < -0.4 is 15.0 Å². The third-order valence-electron chi connectivity index (χ3n) is 5.12. The van der Waals surface area contributed by atoms with Crippen LogP contribution in [0.3, 0.4) is 0 Å². The van der Waals surface area contributed by atoms with Gasteiger partial charge in [0.2, 0.25) is 0 Å². The first-order valence-electron chi connectivity index (χ1n) is 10.6. The number of barbiturate groups is 1. The summed E-state index contributed by atoms with van der Waals surface area (Å²) >= 11 is 0. The molecule has 11 heteroatoms. The maximum absolute atomic E-state index is 14.3. The minimum absolute atomic E-state index is 0.0152. The van der Waals surface area contributed by atoms with Gasteiger partial charge in [0.15, 0.2) is 0 Å². The number of benzene rings is 3. The summed E-state index contributed by atoms with van der Waals surface area (Å²) in [5.41, 5.74) is -0.427. The van der Waals surface area contributed by atoms with Crippen LogP contribution in [0.15, 0.2) is 84.4 Å². The van der Waals surface area contributed by atoms with Crippen molar-refractivity contribution in [2.24, 2.45) is 0 Å². The quantitative estimate of drug-likeness (QED) is 0.135. The van der Waals surface area contributed by atoms with Crippen molar-refractivity contribution < 1.29 is 33.2 Å². The SMILES string of the molecule is O=C(/C=C/c1cccc([N+](=O)[O-])c1)Oc1ccccc1/C=C1/C(=O)NC(=O)N(c2ccccc2F)C1=O. The predicted octanol–water partition coefficient (Wildman–Crippen LogP) is 4.02. The third kappa shape index (κ3) is 5.46. The molecule has 1 heterocycles. The van der Waals surface area contributed by atoms with Crippen LogP contribution in [0.25, 0.3) is 12.2 Å². The van der Waals surface area contributed by atoms with Crippen molar-refractivity contribution in [1.29, 1.82) is 0 Å². The van der Waals surface area contributed by atoms with Crippen molar-refractivity contribution in [3.8, 4) is 5.75 Å². The first-order chi connectivity index (χ1) is 17.7. The van der Waals surface area contributed by atoms with Gasteiger partial charge in [-0.1, -0.05) is 42.5 Å². The molecule has 3 aromatic rings. The van der Waals surface area contributed by atoms with Crippen molar-refractivity contribution in [3.05, 3.63) is 112 Å². The fraction of sp³-hybridized carbons (Fsp3) is 0. The first-order valence-corrected chi connectivity index (χ1v) is 10.6. The number of nitro benzene ring substituents is 1. The number of ether oxygens (including phenoxy) is 1. The fourth-order valence-corrected chi connectivity index (χ4v) is 3.41. The molecule has 0 spiro atoms. The number of nitrogens with zero attached hydrogens (tertiary/aromatic N) is 2. The van der Waals surface area contributed by atoms with E-state index in [9.17, 15) is 33.7 Å². The molecule has 0 aliphatic carbocycles. The number of imide groups is 2. The smallest absolute Gasteiger partial charge is 0.336 e. The summed E-state index contributed by atoms with van der Waals surface area (Å²) in [5, 5.41) is 12.9. The normalized spacial score (nSPS) is 14.7. The summed E-state index contributed by atoms with van der Waals surface area (Å²) in [5.74, 6) is -3.76. The molecular weight excluding hydrogens is 485 g/mol. The maximum Gasteiger partial charge on any atom is 0.336 e. The minimum atomic E-state index is -1.11. The number of urea groups is 1. The molecule has 3 aromatic carbocycles. The van der Waals surface area contributed by atoms with Gasteiger partial charge in [0, 0.05) is 23.8 Å². The van der Waals surface area contributed by atoms with Crippen molar-refractivity contribution in [2.45, 2.75) is 0 Å². The van der Waals surface area contributed by atoms with Gasteiger partial charge in [0.05, 0.1) is 10.6 Å². The Hall–Kier alpha value is -5.45. The number of hydrogen-bond donors (Lipinski definition) is 1. The average Bonchev–Trinajstić information content (AvgIpc) is 2.87. The Labute approximate surface area is 208 Å². The standard InChI is InChI=1S/C26H16FN3O7/c27-20-9-2-3-10-21(20)29-25(33)19(24(32)28-26(29)34)15-17-7-1-4-11-22(17)37-23(31)13-12-16-6-5-8-18(14-16)30(35)36/h1-15H,(H,28,32,34)/b13-12+,19-15-. The van der Waals surface area contributed by atoms with E-state index in [1.807, 2.05) is 5.32 Å². The molecule has 1 aliphatic rings. The maximum atomic E-state index is 14.3. The lowest BCUT2D eigenvalue weighted by Gasteiger charge is -2.26. The molecule has 10 nitrogen and oxygen atoms in total. The number of halogens is 1. The average molecular weight is 501 g/mol. The van der Waals surface area contributed by atoms with E-state index in [-0.39, 0.29) is 22.7 Å². The molecule has 0 saturated carbocycles. The molecule has 1 saturated heterocycles. The van der Waals surface area contributed by atoms with Crippen molar-refractivity contribution >= 4 is 47.3 Å². The van der Waals surface area contributed by atoms with Crippen LogP contribution in [0.4, 0.5) is 20.6 Å². The van der Waals surface area contributed by atoms with E-state index in [2.05, 4.69) is 0 Å². The number of para-hydroxylation sites is 2. The van der Waals surface area contributed by atoms with E-state index in [0.717, 1.165) is 18.2 Å². The molecule has 0 aromatic heterocycles. The van der Waals surface area contributed by atoms with Crippen LogP contribution in [0.2, 0.25) is 0 Å². The van der Waals surface area contributed by atoms with Crippen molar-refractivity contribution in [1.82, 2.24) is 5.32 Å². The van der Waals surface area contributed by atoms with E-state index in [0.29, 0.717) is 10.5 Å². The lowest BCUT2D eigenvalue weighted by molar-refractivity contribution is -0.384. The van der Waals surface area contributed by atoms with E-state index in [4.69, 9.17) is 4.74 Å². The van der Waals surface area contributed by atoms with E-state index in [1.54, 1.807) is 18.2 Å². The van der Waals surface area contributed by atoms with Gasteiger partial charge in [-0.05, 0) is 35.9 Å². The number of nitrogens with one attached hydrogen (secondary N) is 1. The molecule has 0 radical (unpaired) electrons. The lowest BCUT2D eigenvalue weighted by atomic mass is 10.1. The molecule has 0 unspecified atom stereocenters. The molecule has 4 rings (SSSR count). The highest BCUT2D eigenvalue weighted by molar-refractivity contribution is 6.39. The van der Waals surface area contributed by atoms with Gasteiger partial charge in [-0.25, -0.2) is 18.9 Å². The summed E-state index contributed by atoms with van der Waals surface area (Å²) in [4.78, 5) is 61.0. The molecule has 184 valence electrons. The molecule has 4 amide bonds. The van der Waals surface area contributed by atoms with Gasteiger partial charge in [0.1, 0.15) is 17.1 Å².